The second-order valence-electron chi connectivity index (χ2n) is 4.87. The molecule has 19 heavy (non-hydrogen) atoms. The van der Waals surface area contributed by atoms with Crippen molar-refractivity contribution in [1.29, 1.82) is 0 Å². The fourth-order valence-electron chi connectivity index (χ4n) is 2.40. The number of halogens is 2. The van der Waals surface area contributed by atoms with Crippen molar-refractivity contribution < 1.29 is 9.47 Å². The second kappa shape index (κ2) is 6.93. The average molecular weight is 349 g/mol. The van der Waals surface area contributed by atoms with Gasteiger partial charge in [0.15, 0.2) is 0 Å². The maximum atomic E-state index is 5.91. The van der Waals surface area contributed by atoms with Crippen LogP contribution in [0.2, 0.25) is 0 Å². The van der Waals surface area contributed by atoms with Crippen molar-refractivity contribution in [1.82, 2.24) is 4.90 Å². The first kappa shape index (κ1) is 15.1. The summed E-state index contributed by atoms with van der Waals surface area (Å²) in [6.07, 6.45) is 0.344. The quantitative estimate of drug-likeness (QED) is 0.779. The molecule has 106 valence electrons. The maximum Gasteiger partial charge on any atom is 0.119 e. The van der Waals surface area contributed by atoms with Gasteiger partial charge >= 0.3 is 0 Å². The highest BCUT2D eigenvalue weighted by Crippen LogP contribution is 2.25. The number of rotatable bonds is 4. The SMILES string of the molecule is COc1ccc(Br)c(CN2CC(C)OC(CCl)C2)c1. The van der Waals surface area contributed by atoms with Gasteiger partial charge in [0.25, 0.3) is 0 Å². The van der Waals surface area contributed by atoms with Gasteiger partial charge in [0.1, 0.15) is 5.75 Å². The first-order valence-electron chi connectivity index (χ1n) is 6.38. The van der Waals surface area contributed by atoms with Crippen LogP contribution < -0.4 is 4.74 Å². The number of methoxy groups -OCH3 is 1. The van der Waals surface area contributed by atoms with E-state index >= 15 is 0 Å². The predicted molar refractivity (Wildman–Crippen MR) is 81.0 cm³/mol. The Hall–Kier alpha value is -0.290. The predicted octanol–water partition coefficient (Wildman–Crippen LogP) is 3.29. The summed E-state index contributed by atoms with van der Waals surface area (Å²) in [6, 6.07) is 6.05. The fourth-order valence-corrected chi connectivity index (χ4v) is 2.94. The minimum Gasteiger partial charge on any atom is -0.497 e. The number of ether oxygens (including phenoxy) is 2. The molecule has 1 aromatic carbocycles. The number of alkyl halides is 1. The van der Waals surface area contributed by atoms with Crippen LogP contribution in [0.25, 0.3) is 0 Å². The van der Waals surface area contributed by atoms with Crippen molar-refractivity contribution in [3.05, 3.63) is 28.2 Å². The fraction of sp³-hybridized carbons (Fsp3) is 0.571. The summed E-state index contributed by atoms with van der Waals surface area (Å²) in [5, 5.41) is 0. The summed E-state index contributed by atoms with van der Waals surface area (Å²) in [6.45, 7) is 4.76. The van der Waals surface area contributed by atoms with Gasteiger partial charge in [0, 0.05) is 30.0 Å². The topological polar surface area (TPSA) is 21.7 Å². The summed E-state index contributed by atoms with van der Waals surface area (Å²) in [4.78, 5) is 2.38. The van der Waals surface area contributed by atoms with E-state index in [-0.39, 0.29) is 12.2 Å². The van der Waals surface area contributed by atoms with E-state index < -0.39 is 0 Å². The molecule has 1 aromatic rings. The standard InChI is InChI=1S/C14H19BrClNO2/c1-10-7-17(9-13(6-16)19-10)8-11-5-12(18-2)3-4-14(11)15/h3-5,10,13H,6-9H2,1-2H3. The van der Waals surface area contributed by atoms with Crippen LogP contribution in [0.4, 0.5) is 0 Å². The molecule has 2 rings (SSSR count). The Morgan fingerprint density at radius 3 is 2.95 bits per heavy atom. The molecule has 0 spiro atoms. The number of benzene rings is 1. The number of hydrogen-bond acceptors (Lipinski definition) is 3. The van der Waals surface area contributed by atoms with E-state index in [1.165, 1.54) is 5.56 Å². The van der Waals surface area contributed by atoms with Gasteiger partial charge in [0.2, 0.25) is 0 Å². The first-order chi connectivity index (χ1) is 9.12. The Balaban J connectivity index is 2.07. The molecule has 5 heteroatoms. The molecule has 1 aliphatic heterocycles. The van der Waals surface area contributed by atoms with E-state index in [4.69, 9.17) is 21.1 Å². The Morgan fingerprint density at radius 2 is 2.26 bits per heavy atom. The maximum absolute atomic E-state index is 5.91. The molecule has 0 aliphatic carbocycles. The smallest absolute Gasteiger partial charge is 0.119 e. The summed E-state index contributed by atoms with van der Waals surface area (Å²) < 4.78 is 12.2. The van der Waals surface area contributed by atoms with Crippen molar-refractivity contribution in [3.63, 3.8) is 0 Å². The minimum absolute atomic E-state index is 0.120. The molecule has 0 N–H and O–H groups in total. The summed E-state index contributed by atoms with van der Waals surface area (Å²) in [7, 11) is 1.69. The third kappa shape index (κ3) is 4.09. The lowest BCUT2D eigenvalue weighted by atomic mass is 10.1. The third-order valence-corrected chi connectivity index (χ3v) is 4.34. The van der Waals surface area contributed by atoms with Crippen LogP contribution >= 0.6 is 27.5 Å². The first-order valence-corrected chi connectivity index (χ1v) is 7.71. The van der Waals surface area contributed by atoms with Gasteiger partial charge in [-0.2, -0.15) is 0 Å². The molecule has 1 saturated heterocycles. The second-order valence-corrected chi connectivity index (χ2v) is 6.04. The molecule has 1 fully saturated rings. The molecule has 2 unspecified atom stereocenters. The van der Waals surface area contributed by atoms with Gasteiger partial charge in [0.05, 0.1) is 19.3 Å². The minimum atomic E-state index is 0.120. The van der Waals surface area contributed by atoms with Crippen LogP contribution in [-0.4, -0.2) is 43.2 Å². The van der Waals surface area contributed by atoms with Crippen LogP contribution in [0.5, 0.6) is 5.75 Å². The highest BCUT2D eigenvalue weighted by atomic mass is 79.9. The zero-order chi connectivity index (χ0) is 13.8. The number of morpholine rings is 1. The van der Waals surface area contributed by atoms with Gasteiger partial charge in [-0.05, 0) is 30.7 Å². The highest BCUT2D eigenvalue weighted by molar-refractivity contribution is 9.10. The molecule has 2 atom stereocenters. The molecule has 1 heterocycles. The lowest BCUT2D eigenvalue weighted by Gasteiger charge is -2.36. The van der Waals surface area contributed by atoms with Gasteiger partial charge in [-0.3, -0.25) is 4.90 Å². The van der Waals surface area contributed by atoms with Crippen LogP contribution in [0.15, 0.2) is 22.7 Å². The van der Waals surface area contributed by atoms with E-state index in [1.54, 1.807) is 7.11 Å². The normalized spacial score (nSPS) is 24.4. The van der Waals surface area contributed by atoms with E-state index in [9.17, 15) is 0 Å². The van der Waals surface area contributed by atoms with Crippen LogP contribution in [0, 0.1) is 0 Å². The lowest BCUT2D eigenvalue weighted by Crippen LogP contribution is -2.46. The Kier molecular flexibility index (Phi) is 5.51. The summed E-state index contributed by atoms with van der Waals surface area (Å²) >= 11 is 9.51. The number of nitrogens with zero attached hydrogens (tertiary/aromatic N) is 1. The molecule has 0 saturated carbocycles. The van der Waals surface area contributed by atoms with Crippen molar-refractivity contribution in [3.8, 4) is 5.75 Å². The Labute approximate surface area is 128 Å². The van der Waals surface area contributed by atoms with Crippen molar-refractivity contribution in [2.75, 3.05) is 26.1 Å². The molecule has 0 radical (unpaired) electrons. The summed E-state index contributed by atoms with van der Waals surface area (Å²) in [5.74, 6) is 1.42. The van der Waals surface area contributed by atoms with Crippen molar-refractivity contribution >= 4 is 27.5 Å². The van der Waals surface area contributed by atoms with E-state index in [2.05, 4.69) is 33.8 Å². The molecule has 3 nitrogen and oxygen atoms in total. The molecule has 0 bridgehead atoms. The molecule has 0 aromatic heterocycles. The van der Waals surface area contributed by atoms with E-state index in [0.29, 0.717) is 5.88 Å². The summed E-state index contributed by atoms with van der Waals surface area (Å²) in [5.41, 5.74) is 1.22. The zero-order valence-corrected chi connectivity index (χ0v) is 13.6. The van der Waals surface area contributed by atoms with Crippen LogP contribution in [-0.2, 0) is 11.3 Å². The molecular weight excluding hydrogens is 330 g/mol. The van der Waals surface area contributed by atoms with E-state index in [0.717, 1.165) is 29.9 Å². The lowest BCUT2D eigenvalue weighted by molar-refractivity contribution is -0.0689. The van der Waals surface area contributed by atoms with E-state index in [1.807, 2.05) is 12.1 Å². The van der Waals surface area contributed by atoms with Gasteiger partial charge in [-0.25, -0.2) is 0 Å². The molecular formula is C14H19BrClNO2. The molecule has 0 amide bonds. The van der Waals surface area contributed by atoms with Crippen molar-refractivity contribution in [2.45, 2.75) is 25.7 Å². The largest absolute Gasteiger partial charge is 0.497 e. The zero-order valence-electron chi connectivity index (χ0n) is 11.2. The number of hydrogen-bond donors (Lipinski definition) is 0. The monoisotopic (exact) mass is 347 g/mol. The van der Waals surface area contributed by atoms with Crippen molar-refractivity contribution in [2.24, 2.45) is 0 Å². The third-order valence-electron chi connectivity index (χ3n) is 3.22. The van der Waals surface area contributed by atoms with Crippen LogP contribution in [0.3, 0.4) is 0 Å². The van der Waals surface area contributed by atoms with Gasteiger partial charge in [-0.1, -0.05) is 15.9 Å². The Bertz CT molecular complexity index is 430. The van der Waals surface area contributed by atoms with Crippen LogP contribution in [0.1, 0.15) is 12.5 Å². The average Bonchev–Trinajstić information content (AvgIpc) is 2.40. The Morgan fingerprint density at radius 1 is 1.47 bits per heavy atom. The van der Waals surface area contributed by atoms with Gasteiger partial charge in [-0.15, -0.1) is 11.6 Å². The molecule has 1 aliphatic rings. The van der Waals surface area contributed by atoms with Gasteiger partial charge < -0.3 is 9.47 Å². The highest BCUT2D eigenvalue weighted by Gasteiger charge is 2.25.